The van der Waals surface area contributed by atoms with Crippen LogP contribution in [0.1, 0.15) is 63.5 Å². The molecule has 3 atom stereocenters. The average Bonchev–Trinajstić information content (AvgIpc) is 3.19. The molecule has 4 N–H and O–H groups in total. The number of thiol groups is 1. The number of hydrogen-bond acceptors (Lipinski definition) is 7. The second-order valence-corrected chi connectivity index (χ2v) is 15.7. The highest BCUT2D eigenvalue weighted by atomic mass is 35.5. The van der Waals surface area contributed by atoms with Gasteiger partial charge in [0.2, 0.25) is 29.5 Å². The van der Waals surface area contributed by atoms with Crippen molar-refractivity contribution in [1.29, 1.82) is 0 Å². The fraction of sp³-hybridized carbons (Fsp3) is 0.550. The van der Waals surface area contributed by atoms with E-state index in [-0.39, 0.29) is 48.3 Å². The number of carbonyl (C=O) groups is 6. The maximum Gasteiger partial charge on any atom is 0.318 e. The molecule has 7 amide bonds. The van der Waals surface area contributed by atoms with E-state index in [1.807, 2.05) is 37.3 Å². The Balaban J connectivity index is 1.34. The molecule has 0 spiro atoms. The number of likely N-dealkylation sites (tertiary alicyclic amines) is 1. The first-order chi connectivity index (χ1) is 26.8. The van der Waals surface area contributed by atoms with Crippen molar-refractivity contribution in [1.82, 2.24) is 36.0 Å². The number of nitrogens with one attached hydrogen (secondary N) is 4. The molecular weight excluding hydrogens is 777 g/mol. The number of nitrogens with zero attached hydrogens (tertiary/aromatic N) is 3. The summed E-state index contributed by atoms with van der Waals surface area (Å²) in [6.07, 6.45) is 4.33. The van der Waals surface area contributed by atoms with Crippen molar-refractivity contribution in [3.05, 3.63) is 69.7 Å². The number of rotatable bonds is 17. The Kier molecular flexibility index (Phi) is 17.6. The van der Waals surface area contributed by atoms with E-state index in [1.165, 1.54) is 6.92 Å². The fourth-order valence-electron chi connectivity index (χ4n) is 7.30. The van der Waals surface area contributed by atoms with Crippen molar-refractivity contribution in [2.75, 3.05) is 58.1 Å². The standard InChI is InChI=1S/C40H55Cl2N7O6S/c1-3-43-38(54)40(25-29-11-6-4-7-12-29)16-10-18-49(27-40)37(53)33(24-30-14-15-31(41)32(42)23-30)46-39(55)48-21-19-47(20-22-48)35(51)13-8-5-9-17-44-36(52)34(26-56)45-28(2)50/h4,6-7,11-12,14-15,23,33-34,56H,3,5,8-10,13,16-22,24-27H2,1-2H3,(H,43,54)(H,44,52)(H,45,50)(H,46,55)/t33?,34?,40-/m0/s1. The van der Waals surface area contributed by atoms with Crippen LogP contribution in [0.5, 0.6) is 0 Å². The van der Waals surface area contributed by atoms with Crippen LogP contribution in [0.3, 0.4) is 0 Å². The van der Waals surface area contributed by atoms with Crippen molar-refractivity contribution in [2.24, 2.45) is 5.41 Å². The monoisotopic (exact) mass is 831 g/mol. The third-order valence-electron chi connectivity index (χ3n) is 10.3. The Labute approximate surface area is 345 Å². The molecule has 2 unspecified atom stereocenters. The third kappa shape index (κ3) is 13.0. The molecule has 0 aliphatic carbocycles. The molecule has 2 heterocycles. The third-order valence-corrected chi connectivity index (χ3v) is 11.4. The second-order valence-electron chi connectivity index (χ2n) is 14.5. The van der Waals surface area contributed by atoms with E-state index in [9.17, 15) is 28.8 Å². The molecule has 306 valence electrons. The predicted octanol–water partition coefficient (Wildman–Crippen LogP) is 3.86. The number of unbranched alkanes of at least 4 members (excludes halogenated alkanes) is 2. The fourth-order valence-corrected chi connectivity index (χ4v) is 7.87. The number of piperazine rings is 1. The molecule has 2 aliphatic heterocycles. The molecule has 56 heavy (non-hydrogen) atoms. The van der Waals surface area contributed by atoms with Gasteiger partial charge in [-0.1, -0.05) is 66.0 Å². The molecule has 0 saturated carbocycles. The zero-order chi connectivity index (χ0) is 40.7. The Bertz CT molecular complexity index is 1680. The summed E-state index contributed by atoms with van der Waals surface area (Å²) in [5, 5.41) is 12.1. The van der Waals surface area contributed by atoms with Crippen molar-refractivity contribution in [3.63, 3.8) is 0 Å². The lowest BCUT2D eigenvalue weighted by Crippen LogP contribution is -2.60. The second kappa shape index (κ2) is 22.1. The van der Waals surface area contributed by atoms with E-state index in [1.54, 1.807) is 32.9 Å². The summed E-state index contributed by atoms with van der Waals surface area (Å²) in [7, 11) is 0. The summed E-state index contributed by atoms with van der Waals surface area (Å²) < 4.78 is 0. The van der Waals surface area contributed by atoms with Crippen LogP contribution in [0, 0.1) is 5.41 Å². The smallest absolute Gasteiger partial charge is 0.318 e. The molecule has 2 aromatic rings. The minimum atomic E-state index is -0.944. The van der Waals surface area contributed by atoms with Gasteiger partial charge < -0.3 is 36.0 Å². The highest BCUT2D eigenvalue weighted by Crippen LogP contribution is 2.35. The number of hydrogen-bond donors (Lipinski definition) is 5. The van der Waals surface area contributed by atoms with E-state index in [0.717, 1.165) is 17.5 Å². The van der Waals surface area contributed by atoms with Gasteiger partial charge in [0.05, 0.1) is 15.5 Å². The predicted molar refractivity (Wildman–Crippen MR) is 221 cm³/mol. The highest BCUT2D eigenvalue weighted by Gasteiger charge is 2.44. The number of carbonyl (C=O) groups excluding carboxylic acids is 6. The molecule has 2 fully saturated rings. The van der Waals surface area contributed by atoms with Crippen LogP contribution >= 0.6 is 35.8 Å². The first-order valence-electron chi connectivity index (χ1n) is 19.4. The van der Waals surface area contributed by atoms with Gasteiger partial charge in [0.1, 0.15) is 12.1 Å². The number of halogens is 2. The summed E-state index contributed by atoms with van der Waals surface area (Å²) >= 11 is 16.6. The van der Waals surface area contributed by atoms with Crippen LogP contribution in [0.25, 0.3) is 0 Å². The van der Waals surface area contributed by atoms with Crippen LogP contribution in [0.2, 0.25) is 10.0 Å². The van der Waals surface area contributed by atoms with E-state index in [4.69, 9.17) is 23.2 Å². The van der Waals surface area contributed by atoms with Crippen molar-refractivity contribution < 1.29 is 28.8 Å². The SMILES string of the molecule is CCNC(=O)[C@]1(Cc2ccccc2)CCCN(C(=O)C(Cc2ccc(Cl)c(Cl)c2)NC(=O)N2CCN(C(=O)CCCCCNC(=O)C(CS)NC(C)=O)CC2)C1. The minimum absolute atomic E-state index is 0.00115. The van der Waals surface area contributed by atoms with Crippen LogP contribution in [-0.2, 0) is 36.8 Å². The van der Waals surface area contributed by atoms with Crippen LogP contribution < -0.4 is 21.3 Å². The summed E-state index contributed by atoms with van der Waals surface area (Å²) in [5.74, 6) is -0.770. The molecular formula is C40H55Cl2N7O6S. The van der Waals surface area contributed by atoms with E-state index < -0.39 is 23.5 Å². The molecule has 2 saturated heterocycles. The van der Waals surface area contributed by atoms with Gasteiger partial charge in [-0.2, -0.15) is 12.6 Å². The number of piperidine rings is 1. The Morgan fingerprint density at radius 2 is 1.52 bits per heavy atom. The van der Waals surface area contributed by atoms with E-state index in [2.05, 4.69) is 33.9 Å². The van der Waals surface area contributed by atoms with E-state index >= 15 is 0 Å². The van der Waals surface area contributed by atoms with Crippen LogP contribution in [0.4, 0.5) is 4.79 Å². The first-order valence-corrected chi connectivity index (χ1v) is 20.8. The largest absolute Gasteiger partial charge is 0.356 e. The molecule has 0 radical (unpaired) electrons. The molecule has 16 heteroatoms. The van der Waals surface area contributed by atoms with Gasteiger partial charge >= 0.3 is 6.03 Å². The van der Waals surface area contributed by atoms with Gasteiger partial charge in [0.15, 0.2) is 0 Å². The molecule has 0 bridgehead atoms. The molecule has 2 aromatic carbocycles. The topological polar surface area (TPSA) is 160 Å². The number of amides is 7. The van der Waals surface area contributed by atoms with Gasteiger partial charge in [0.25, 0.3) is 0 Å². The molecule has 4 rings (SSSR count). The zero-order valence-electron chi connectivity index (χ0n) is 32.3. The Morgan fingerprint density at radius 3 is 2.18 bits per heavy atom. The lowest BCUT2D eigenvalue weighted by atomic mass is 9.74. The summed E-state index contributed by atoms with van der Waals surface area (Å²) in [6, 6.07) is 12.9. The van der Waals surface area contributed by atoms with Crippen LogP contribution in [-0.4, -0.2) is 120 Å². The van der Waals surface area contributed by atoms with Crippen molar-refractivity contribution in [2.45, 2.75) is 77.3 Å². The molecule has 13 nitrogen and oxygen atoms in total. The van der Waals surface area contributed by atoms with Crippen molar-refractivity contribution >= 4 is 71.4 Å². The lowest BCUT2D eigenvalue weighted by Gasteiger charge is -2.43. The Hall–Kier alpha value is -4.01. The molecule has 2 aliphatic rings. The van der Waals surface area contributed by atoms with Crippen molar-refractivity contribution in [3.8, 4) is 0 Å². The Morgan fingerprint density at radius 1 is 0.804 bits per heavy atom. The summed E-state index contributed by atoms with van der Waals surface area (Å²) in [4.78, 5) is 83.4. The van der Waals surface area contributed by atoms with Crippen LogP contribution in [0.15, 0.2) is 48.5 Å². The number of benzene rings is 2. The van der Waals surface area contributed by atoms with Gasteiger partial charge in [-0.15, -0.1) is 0 Å². The maximum absolute atomic E-state index is 14.4. The van der Waals surface area contributed by atoms with Gasteiger partial charge in [0, 0.05) is 77.9 Å². The zero-order valence-corrected chi connectivity index (χ0v) is 34.7. The normalized spacial score (nSPS) is 18.1. The lowest BCUT2D eigenvalue weighted by molar-refractivity contribution is -0.143. The number of urea groups is 1. The first kappa shape index (κ1) is 44.7. The summed E-state index contributed by atoms with van der Waals surface area (Å²) in [6.45, 7) is 6.13. The quantitative estimate of drug-likeness (QED) is 0.120. The maximum atomic E-state index is 14.4. The van der Waals surface area contributed by atoms with Gasteiger partial charge in [-0.05, 0) is 62.3 Å². The van der Waals surface area contributed by atoms with Gasteiger partial charge in [-0.3, -0.25) is 24.0 Å². The van der Waals surface area contributed by atoms with E-state index in [0.29, 0.717) is 94.4 Å². The highest BCUT2D eigenvalue weighted by molar-refractivity contribution is 7.80. The minimum Gasteiger partial charge on any atom is -0.356 e. The van der Waals surface area contributed by atoms with Gasteiger partial charge in [-0.25, -0.2) is 4.79 Å². The molecule has 0 aromatic heterocycles. The average molecular weight is 833 g/mol. The summed E-state index contributed by atoms with van der Waals surface area (Å²) in [5.41, 5.74) is 0.904.